The van der Waals surface area contributed by atoms with Crippen LogP contribution < -0.4 is 10.5 Å². The second kappa shape index (κ2) is 6.47. The van der Waals surface area contributed by atoms with Crippen LogP contribution >= 0.6 is 15.9 Å². The van der Waals surface area contributed by atoms with Gasteiger partial charge < -0.3 is 10.5 Å². The van der Waals surface area contributed by atoms with Crippen LogP contribution in [0, 0.1) is 0 Å². The number of aryl methyl sites for hydroxylation is 1. The minimum atomic E-state index is 0.633. The van der Waals surface area contributed by atoms with Crippen molar-refractivity contribution < 1.29 is 4.74 Å². The van der Waals surface area contributed by atoms with E-state index >= 15 is 0 Å². The molecule has 2 aromatic rings. The zero-order valence-corrected chi connectivity index (χ0v) is 11.4. The number of aromatic nitrogens is 2. The fourth-order valence-corrected chi connectivity index (χ4v) is 1.69. The Morgan fingerprint density at radius 2 is 1.72 bits per heavy atom. The smallest absolute Gasteiger partial charge is 0.164 e. The van der Waals surface area contributed by atoms with Crippen molar-refractivity contribution >= 4 is 15.9 Å². The molecule has 94 valence electrons. The predicted octanol–water partition coefficient (Wildman–Crippen LogP) is 2.92. The Morgan fingerprint density at radius 3 is 2.33 bits per heavy atom. The van der Waals surface area contributed by atoms with Crippen LogP contribution in [-0.4, -0.2) is 16.5 Å². The molecule has 0 saturated heterocycles. The molecule has 4 nitrogen and oxygen atoms in total. The lowest BCUT2D eigenvalue weighted by Crippen LogP contribution is -2.03. The van der Waals surface area contributed by atoms with Crippen LogP contribution in [-0.2, 0) is 6.42 Å². The number of nitrogens with zero attached hydrogens (tertiary/aromatic N) is 2. The van der Waals surface area contributed by atoms with E-state index in [1.807, 2.05) is 24.3 Å². The van der Waals surface area contributed by atoms with E-state index in [1.165, 1.54) is 0 Å². The highest BCUT2D eigenvalue weighted by Gasteiger charge is 2.00. The molecule has 1 aromatic carbocycles. The molecule has 18 heavy (non-hydrogen) atoms. The van der Waals surface area contributed by atoms with E-state index in [9.17, 15) is 0 Å². The van der Waals surface area contributed by atoms with E-state index in [-0.39, 0.29) is 0 Å². The van der Waals surface area contributed by atoms with Crippen molar-refractivity contribution in [1.29, 1.82) is 0 Å². The number of benzene rings is 1. The van der Waals surface area contributed by atoms with Gasteiger partial charge in [-0.05, 0) is 37.2 Å². The van der Waals surface area contributed by atoms with Gasteiger partial charge in [-0.2, -0.15) is 0 Å². The average Bonchev–Trinajstić information content (AvgIpc) is 2.41. The summed E-state index contributed by atoms with van der Waals surface area (Å²) >= 11 is 3.37. The highest BCUT2D eigenvalue weighted by Crippen LogP contribution is 2.21. The van der Waals surface area contributed by atoms with E-state index in [1.54, 1.807) is 12.4 Å². The molecule has 0 unspecified atom stereocenters. The third-order valence-corrected chi connectivity index (χ3v) is 2.86. The van der Waals surface area contributed by atoms with Gasteiger partial charge >= 0.3 is 0 Å². The third-order valence-electron chi connectivity index (χ3n) is 2.34. The molecule has 0 spiro atoms. The van der Waals surface area contributed by atoms with Gasteiger partial charge in [-0.1, -0.05) is 15.9 Å². The maximum Gasteiger partial charge on any atom is 0.164 e. The largest absolute Gasteiger partial charge is 0.454 e. The first-order chi connectivity index (χ1) is 8.78. The summed E-state index contributed by atoms with van der Waals surface area (Å²) in [5.74, 6) is 2.19. The zero-order valence-electron chi connectivity index (χ0n) is 9.84. The molecule has 0 radical (unpaired) electrons. The van der Waals surface area contributed by atoms with Crippen molar-refractivity contribution in [2.45, 2.75) is 12.8 Å². The minimum Gasteiger partial charge on any atom is -0.454 e. The zero-order chi connectivity index (χ0) is 12.8. The molecule has 1 aromatic heterocycles. The van der Waals surface area contributed by atoms with Gasteiger partial charge in [0.05, 0.1) is 12.4 Å². The van der Waals surface area contributed by atoms with Gasteiger partial charge in [-0.25, -0.2) is 9.97 Å². The van der Waals surface area contributed by atoms with Gasteiger partial charge in [0, 0.05) is 10.9 Å². The Labute approximate surface area is 114 Å². The molecule has 0 fully saturated rings. The highest BCUT2D eigenvalue weighted by atomic mass is 79.9. The van der Waals surface area contributed by atoms with Crippen molar-refractivity contribution in [3.05, 3.63) is 47.0 Å². The van der Waals surface area contributed by atoms with Gasteiger partial charge in [-0.3, -0.25) is 0 Å². The lowest BCUT2D eigenvalue weighted by atomic mass is 10.3. The Morgan fingerprint density at radius 1 is 1.06 bits per heavy atom. The normalized spacial score (nSPS) is 10.3. The number of hydrogen-bond acceptors (Lipinski definition) is 4. The van der Waals surface area contributed by atoms with Crippen LogP contribution in [0.1, 0.15) is 12.2 Å². The molecule has 2 rings (SSSR count). The molecular weight excluding hydrogens is 294 g/mol. The maximum atomic E-state index is 5.62. The topological polar surface area (TPSA) is 61.0 Å². The van der Waals surface area contributed by atoms with E-state index in [4.69, 9.17) is 10.5 Å². The van der Waals surface area contributed by atoms with E-state index < -0.39 is 0 Å². The first-order valence-corrected chi connectivity index (χ1v) is 6.51. The number of nitrogens with two attached hydrogens (primary N) is 1. The summed E-state index contributed by atoms with van der Waals surface area (Å²) in [6.45, 7) is 0.653. The Balaban J connectivity index is 1.99. The van der Waals surface area contributed by atoms with Gasteiger partial charge in [0.15, 0.2) is 5.75 Å². The van der Waals surface area contributed by atoms with Crippen LogP contribution in [0.25, 0.3) is 0 Å². The molecule has 0 atom stereocenters. The summed E-state index contributed by atoms with van der Waals surface area (Å²) in [7, 11) is 0. The molecule has 0 aliphatic rings. The van der Waals surface area contributed by atoms with Crippen LogP contribution in [0.5, 0.6) is 11.5 Å². The Bertz CT molecular complexity index is 485. The van der Waals surface area contributed by atoms with Gasteiger partial charge in [0.2, 0.25) is 0 Å². The monoisotopic (exact) mass is 307 g/mol. The molecule has 1 heterocycles. The molecule has 0 aliphatic carbocycles. The van der Waals surface area contributed by atoms with E-state index in [0.717, 1.165) is 28.9 Å². The number of halogens is 1. The maximum absolute atomic E-state index is 5.62. The van der Waals surface area contributed by atoms with Crippen molar-refractivity contribution in [1.82, 2.24) is 9.97 Å². The van der Waals surface area contributed by atoms with E-state index in [0.29, 0.717) is 12.3 Å². The van der Waals surface area contributed by atoms with Crippen LogP contribution in [0.3, 0.4) is 0 Å². The molecular formula is C13H14BrN3O. The Kier molecular flexibility index (Phi) is 4.66. The lowest BCUT2D eigenvalue weighted by molar-refractivity contribution is 0.476. The van der Waals surface area contributed by atoms with Gasteiger partial charge in [0.1, 0.15) is 11.6 Å². The quantitative estimate of drug-likeness (QED) is 0.922. The van der Waals surface area contributed by atoms with Crippen molar-refractivity contribution in [2.75, 3.05) is 6.54 Å². The minimum absolute atomic E-state index is 0.633. The summed E-state index contributed by atoms with van der Waals surface area (Å²) in [5, 5.41) is 0. The predicted molar refractivity (Wildman–Crippen MR) is 73.6 cm³/mol. The molecule has 5 heteroatoms. The summed E-state index contributed by atoms with van der Waals surface area (Å²) in [5.41, 5.74) is 5.44. The SMILES string of the molecule is NCCCc1ncc(Oc2ccc(Br)cc2)cn1. The molecule has 0 aliphatic heterocycles. The molecule has 0 bridgehead atoms. The third kappa shape index (κ3) is 3.78. The fourth-order valence-electron chi connectivity index (χ4n) is 1.42. The number of rotatable bonds is 5. The molecule has 0 saturated carbocycles. The lowest BCUT2D eigenvalue weighted by Gasteiger charge is -2.05. The first kappa shape index (κ1) is 13.0. The summed E-state index contributed by atoms with van der Waals surface area (Å²) in [4.78, 5) is 8.46. The second-order valence-corrected chi connectivity index (χ2v) is 4.70. The highest BCUT2D eigenvalue weighted by molar-refractivity contribution is 9.10. The summed E-state index contributed by atoms with van der Waals surface area (Å²) < 4.78 is 6.64. The first-order valence-electron chi connectivity index (χ1n) is 5.72. The molecule has 2 N–H and O–H groups in total. The van der Waals surface area contributed by atoms with Crippen LogP contribution in [0.2, 0.25) is 0 Å². The number of ether oxygens (including phenoxy) is 1. The summed E-state index contributed by atoms with van der Waals surface area (Å²) in [6.07, 6.45) is 5.06. The van der Waals surface area contributed by atoms with E-state index in [2.05, 4.69) is 25.9 Å². The fraction of sp³-hybridized carbons (Fsp3) is 0.231. The van der Waals surface area contributed by atoms with Crippen molar-refractivity contribution in [2.24, 2.45) is 5.73 Å². The number of hydrogen-bond donors (Lipinski definition) is 1. The second-order valence-electron chi connectivity index (χ2n) is 3.78. The van der Waals surface area contributed by atoms with Crippen molar-refractivity contribution in [3.8, 4) is 11.5 Å². The van der Waals surface area contributed by atoms with Crippen molar-refractivity contribution in [3.63, 3.8) is 0 Å². The Hall–Kier alpha value is -1.46. The molecule has 0 amide bonds. The average molecular weight is 308 g/mol. The van der Waals surface area contributed by atoms with Gasteiger partial charge in [-0.15, -0.1) is 0 Å². The standard InChI is InChI=1S/C13H14BrN3O/c14-10-3-5-11(6-4-10)18-12-8-16-13(17-9-12)2-1-7-15/h3-6,8-9H,1-2,7,15H2. The van der Waals surface area contributed by atoms with Crippen LogP contribution in [0.15, 0.2) is 41.1 Å². The summed E-state index contributed by atoms with van der Waals surface area (Å²) in [6, 6.07) is 7.61. The van der Waals surface area contributed by atoms with Crippen LogP contribution in [0.4, 0.5) is 0 Å². The van der Waals surface area contributed by atoms with Gasteiger partial charge in [0.25, 0.3) is 0 Å².